The van der Waals surface area contributed by atoms with Crippen LogP contribution in [0.3, 0.4) is 0 Å². The van der Waals surface area contributed by atoms with E-state index in [2.05, 4.69) is 30.5 Å². The Hall–Kier alpha value is -2.70. The molecule has 0 spiro atoms. The van der Waals surface area contributed by atoms with Crippen molar-refractivity contribution in [1.82, 2.24) is 25.6 Å². The van der Waals surface area contributed by atoms with Crippen LogP contribution in [0.4, 0.5) is 10.7 Å². The number of nitrogens with zero attached hydrogens (tertiary/aromatic N) is 4. The summed E-state index contributed by atoms with van der Waals surface area (Å²) in [5.41, 5.74) is 1.96. The number of rotatable bonds is 4. The Morgan fingerprint density at radius 1 is 1.21 bits per heavy atom. The molecule has 0 atom stereocenters. The van der Waals surface area contributed by atoms with Gasteiger partial charge in [0.15, 0.2) is 0 Å². The zero-order valence-electron chi connectivity index (χ0n) is 13.8. The maximum Gasteiger partial charge on any atom is 0.315 e. The van der Waals surface area contributed by atoms with Crippen LogP contribution in [0.15, 0.2) is 36.8 Å². The number of anilines is 1. The summed E-state index contributed by atoms with van der Waals surface area (Å²) in [6, 6.07) is 5.77. The van der Waals surface area contributed by atoms with Gasteiger partial charge < -0.3 is 15.5 Å². The fourth-order valence-electron chi connectivity index (χ4n) is 2.70. The summed E-state index contributed by atoms with van der Waals surface area (Å²) in [5, 5.41) is 5.91. The average molecular weight is 326 g/mol. The summed E-state index contributed by atoms with van der Waals surface area (Å²) in [4.78, 5) is 26.9. The van der Waals surface area contributed by atoms with Crippen molar-refractivity contribution >= 4 is 12.0 Å². The van der Waals surface area contributed by atoms with Gasteiger partial charge in [0, 0.05) is 50.0 Å². The van der Waals surface area contributed by atoms with E-state index in [0.717, 1.165) is 43.1 Å². The molecule has 0 aromatic carbocycles. The monoisotopic (exact) mass is 326 g/mol. The standard InChI is InChI=1S/C17H22N6O/c1-13-3-4-14(11-20-13)12-21-17(24)22-15-5-9-23(10-6-15)16-18-7-2-8-19-16/h2-4,7-8,11,15H,5-6,9-10,12H2,1H3,(H2,21,22,24). The molecule has 0 aliphatic carbocycles. The Morgan fingerprint density at radius 2 is 1.96 bits per heavy atom. The molecule has 7 heteroatoms. The lowest BCUT2D eigenvalue weighted by atomic mass is 10.1. The minimum atomic E-state index is -0.134. The number of hydrogen-bond donors (Lipinski definition) is 2. The lowest BCUT2D eigenvalue weighted by Gasteiger charge is -2.32. The van der Waals surface area contributed by atoms with Crippen molar-refractivity contribution < 1.29 is 4.79 Å². The Kier molecular flexibility index (Phi) is 5.20. The smallest absolute Gasteiger partial charge is 0.315 e. The zero-order valence-corrected chi connectivity index (χ0v) is 13.8. The Bertz CT molecular complexity index is 653. The van der Waals surface area contributed by atoms with E-state index < -0.39 is 0 Å². The van der Waals surface area contributed by atoms with Gasteiger partial charge in [0.1, 0.15) is 0 Å². The van der Waals surface area contributed by atoms with Crippen LogP contribution >= 0.6 is 0 Å². The van der Waals surface area contributed by atoms with Crippen molar-refractivity contribution in [3.8, 4) is 0 Å². The van der Waals surface area contributed by atoms with Crippen molar-refractivity contribution in [3.05, 3.63) is 48.0 Å². The van der Waals surface area contributed by atoms with E-state index in [0.29, 0.717) is 6.54 Å². The summed E-state index contributed by atoms with van der Waals surface area (Å²) in [6.07, 6.45) is 7.06. The first-order valence-corrected chi connectivity index (χ1v) is 8.18. The first kappa shape index (κ1) is 16.2. The maximum absolute atomic E-state index is 12.0. The van der Waals surface area contributed by atoms with Gasteiger partial charge in [-0.3, -0.25) is 4.98 Å². The quantitative estimate of drug-likeness (QED) is 0.892. The fourth-order valence-corrected chi connectivity index (χ4v) is 2.70. The van der Waals surface area contributed by atoms with Gasteiger partial charge in [-0.05, 0) is 37.5 Å². The van der Waals surface area contributed by atoms with E-state index in [1.165, 1.54) is 0 Å². The predicted octanol–water partition coefficient (Wildman–Crippen LogP) is 1.65. The minimum Gasteiger partial charge on any atom is -0.341 e. The molecule has 0 radical (unpaired) electrons. The Morgan fingerprint density at radius 3 is 2.62 bits per heavy atom. The summed E-state index contributed by atoms with van der Waals surface area (Å²) in [5.74, 6) is 0.757. The minimum absolute atomic E-state index is 0.134. The molecule has 24 heavy (non-hydrogen) atoms. The highest BCUT2D eigenvalue weighted by Gasteiger charge is 2.21. The predicted molar refractivity (Wildman–Crippen MR) is 91.6 cm³/mol. The number of aromatic nitrogens is 3. The van der Waals surface area contributed by atoms with Crippen LogP contribution in [0.2, 0.25) is 0 Å². The molecule has 0 unspecified atom stereocenters. The van der Waals surface area contributed by atoms with Crippen LogP contribution in [0.1, 0.15) is 24.1 Å². The third kappa shape index (κ3) is 4.41. The van der Waals surface area contributed by atoms with Gasteiger partial charge in [0.2, 0.25) is 5.95 Å². The number of hydrogen-bond acceptors (Lipinski definition) is 5. The van der Waals surface area contributed by atoms with Crippen LogP contribution in [-0.4, -0.2) is 40.1 Å². The van der Waals surface area contributed by atoms with E-state index >= 15 is 0 Å². The van der Waals surface area contributed by atoms with E-state index in [1.807, 2.05) is 25.1 Å². The number of nitrogens with one attached hydrogen (secondary N) is 2. The third-order valence-electron chi connectivity index (χ3n) is 4.09. The number of pyridine rings is 1. The summed E-state index contributed by atoms with van der Waals surface area (Å²) in [7, 11) is 0. The Labute approximate surface area is 141 Å². The van der Waals surface area contributed by atoms with Gasteiger partial charge in [-0.25, -0.2) is 14.8 Å². The average Bonchev–Trinajstić information content (AvgIpc) is 2.63. The van der Waals surface area contributed by atoms with E-state index in [9.17, 15) is 4.79 Å². The molecule has 126 valence electrons. The highest BCUT2D eigenvalue weighted by molar-refractivity contribution is 5.74. The van der Waals surface area contributed by atoms with Gasteiger partial charge >= 0.3 is 6.03 Å². The molecule has 1 aliphatic rings. The Balaban J connectivity index is 1.41. The normalized spacial score (nSPS) is 15.1. The molecule has 2 aromatic heterocycles. The van der Waals surface area contributed by atoms with E-state index in [-0.39, 0.29) is 12.1 Å². The van der Waals surface area contributed by atoms with E-state index in [1.54, 1.807) is 18.6 Å². The van der Waals surface area contributed by atoms with E-state index in [4.69, 9.17) is 0 Å². The molecule has 1 saturated heterocycles. The van der Waals surface area contributed by atoms with Crippen LogP contribution in [0, 0.1) is 6.92 Å². The fraction of sp³-hybridized carbons (Fsp3) is 0.412. The first-order valence-electron chi connectivity index (χ1n) is 8.18. The summed E-state index contributed by atoms with van der Waals surface area (Å²) in [6.45, 7) is 4.11. The second kappa shape index (κ2) is 7.72. The van der Waals surface area contributed by atoms with Crippen molar-refractivity contribution in [2.24, 2.45) is 0 Å². The number of urea groups is 1. The lowest BCUT2D eigenvalue weighted by molar-refractivity contribution is 0.234. The lowest BCUT2D eigenvalue weighted by Crippen LogP contribution is -2.48. The van der Waals surface area contributed by atoms with Crippen LogP contribution in [0.5, 0.6) is 0 Å². The zero-order chi connectivity index (χ0) is 16.8. The topological polar surface area (TPSA) is 83.0 Å². The van der Waals surface area contributed by atoms with Gasteiger partial charge in [-0.15, -0.1) is 0 Å². The molecular weight excluding hydrogens is 304 g/mol. The molecule has 1 aliphatic heterocycles. The highest BCUT2D eigenvalue weighted by atomic mass is 16.2. The molecule has 2 amide bonds. The second-order valence-corrected chi connectivity index (χ2v) is 5.94. The molecule has 7 nitrogen and oxygen atoms in total. The maximum atomic E-state index is 12.0. The van der Waals surface area contributed by atoms with Gasteiger partial charge in [-0.1, -0.05) is 6.07 Å². The molecule has 3 heterocycles. The molecule has 2 aromatic rings. The third-order valence-corrected chi connectivity index (χ3v) is 4.09. The largest absolute Gasteiger partial charge is 0.341 e. The van der Waals surface area contributed by atoms with Crippen LogP contribution < -0.4 is 15.5 Å². The summed E-state index contributed by atoms with van der Waals surface area (Å²) < 4.78 is 0. The second-order valence-electron chi connectivity index (χ2n) is 5.94. The highest BCUT2D eigenvalue weighted by Crippen LogP contribution is 2.15. The number of amides is 2. The van der Waals surface area contributed by atoms with Gasteiger partial charge in [-0.2, -0.15) is 0 Å². The van der Waals surface area contributed by atoms with Gasteiger partial charge in [0.05, 0.1) is 0 Å². The van der Waals surface area contributed by atoms with Crippen LogP contribution in [0.25, 0.3) is 0 Å². The molecule has 0 bridgehead atoms. The molecular formula is C17H22N6O. The first-order chi connectivity index (χ1) is 11.7. The SMILES string of the molecule is Cc1ccc(CNC(=O)NC2CCN(c3ncccn3)CC2)cn1. The molecule has 2 N–H and O–H groups in total. The molecule has 3 rings (SSSR count). The van der Waals surface area contributed by atoms with Crippen LogP contribution in [-0.2, 0) is 6.54 Å². The summed E-state index contributed by atoms with van der Waals surface area (Å²) >= 11 is 0. The number of aryl methyl sites for hydroxylation is 1. The van der Waals surface area contributed by atoms with Gasteiger partial charge in [0.25, 0.3) is 0 Å². The van der Waals surface area contributed by atoms with Crippen molar-refractivity contribution in [2.75, 3.05) is 18.0 Å². The molecule has 0 saturated carbocycles. The van der Waals surface area contributed by atoms with Crippen molar-refractivity contribution in [1.29, 1.82) is 0 Å². The number of carbonyl (C=O) groups excluding carboxylic acids is 1. The number of carbonyl (C=O) groups is 1. The molecule has 1 fully saturated rings. The van der Waals surface area contributed by atoms with Crippen molar-refractivity contribution in [3.63, 3.8) is 0 Å². The number of piperidine rings is 1. The van der Waals surface area contributed by atoms with Crippen molar-refractivity contribution in [2.45, 2.75) is 32.4 Å².